The largest absolute Gasteiger partial charge is 0.490 e. The summed E-state index contributed by atoms with van der Waals surface area (Å²) in [7, 11) is 3.73. The normalized spacial score (nSPS) is 17.8. The molecular formula is C44H49FN8O8. The maximum atomic E-state index is 15.4. The van der Waals surface area contributed by atoms with E-state index in [2.05, 4.69) is 21.9 Å². The van der Waals surface area contributed by atoms with E-state index < -0.39 is 35.5 Å². The Kier molecular flexibility index (Phi) is 12.3. The number of Topliss-reactive ketones (excluding diaryl/α,β-unsaturated/α-hetero) is 1. The Hall–Kier alpha value is -6.13. The molecule has 17 heteroatoms. The number of halogens is 1. The number of nitrogens with one attached hydrogen (secondary N) is 1. The highest BCUT2D eigenvalue weighted by Gasteiger charge is 2.42. The number of nitrogens with zero attached hydrogens (tertiary/aromatic N) is 7. The fraction of sp³-hybridized carbons (Fsp3) is 0.432. The highest BCUT2D eigenvalue weighted by molar-refractivity contribution is 5.93. The predicted octanol–water partition coefficient (Wildman–Crippen LogP) is 5.60. The zero-order valence-electron chi connectivity index (χ0n) is 34.9. The fourth-order valence-corrected chi connectivity index (χ4v) is 8.31. The molecule has 2 N–H and O–H groups in total. The van der Waals surface area contributed by atoms with Gasteiger partial charge in [0.05, 0.1) is 41.1 Å². The fourth-order valence-electron chi connectivity index (χ4n) is 8.31. The topological polar surface area (TPSA) is 201 Å². The summed E-state index contributed by atoms with van der Waals surface area (Å²) in [6.45, 7) is 9.18. The first kappa shape index (κ1) is 43.0. The molecular weight excluding hydrogens is 788 g/mol. The molecule has 7 rings (SSSR count). The monoisotopic (exact) mass is 836 g/mol. The van der Waals surface area contributed by atoms with Gasteiger partial charge in [-0.3, -0.25) is 19.3 Å². The van der Waals surface area contributed by atoms with Crippen molar-refractivity contribution >= 4 is 28.7 Å². The summed E-state index contributed by atoms with van der Waals surface area (Å²) in [6, 6.07) is 8.82. The van der Waals surface area contributed by atoms with E-state index >= 15 is 4.39 Å². The number of aromatic nitrogens is 2. The van der Waals surface area contributed by atoms with Crippen LogP contribution >= 0.6 is 0 Å². The van der Waals surface area contributed by atoms with Crippen LogP contribution in [-0.4, -0.2) is 88.8 Å². The van der Waals surface area contributed by atoms with Crippen LogP contribution in [0.1, 0.15) is 77.2 Å². The number of rotatable bonds is 15. The van der Waals surface area contributed by atoms with Gasteiger partial charge in [-0.25, -0.2) is 14.2 Å². The van der Waals surface area contributed by atoms with E-state index in [1.54, 1.807) is 48.7 Å². The second-order valence-electron chi connectivity index (χ2n) is 16.0. The molecule has 1 aliphatic carbocycles. The zero-order valence-corrected chi connectivity index (χ0v) is 34.9. The molecule has 4 aromatic rings. The van der Waals surface area contributed by atoms with Crippen LogP contribution in [0.3, 0.4) is 0 Å². The van der Waals surface area contributed by atoms with Crippen LogP contribution in [0, 0.1) is 12.7 Å². The number of hydrogen-bond acceptors (Lipinski definition) is 11. The maximum Gasteiger partial charge on any atom is 0.411 e. The molecule has 320 valence electrons. The lowest BCUT2D eigenvalue weighted by molar-refractivity contribution is -0.128. The molecule has 0 spiro atoms. The Labute approximate surface area is 351 Å². The Balaban J connectivity index is 1.06. The van der Waals surface area contributed by atoms with Gasteiger partial charge >= 0.3 is 6.09 Å². The summed E-state index contributed by atoms with van der Waals surface area (Å²) in [6.07, 6.45) is 0.613. The van der Waals surface area contributed by atoms with Gasteiger partial charge in [-0.05, 0) is 86.6 Å². The van der Waals surface area contributed by atoms with Gasteiger partial charge in [-0.1, -0.05) is 42.9 Å². The van der Waals surface area contributed by atoms with E-state index in [0.29, 0.717) is 58.5 Å². The van der Waals surface area contributed by atoms with Crippen molar-refractivity contribution in [2.45, 2.75) is 83.9 Å². The Morgan fingerprint density at radius 1 is 1.18 bits per heavy atom. The summed E-state index contributed by atoms with van der Waals surface area (Å²) in [5.41, 5.74) is 13.0. The molecule has 0 saturated heterocycles. The third kappa shape index (κ3) is 8.33. The molecule has 0 bridgehead atoms. The number of aliphatic hydroxyl groups is 1. The number of benzene rings is 2. The second-order valence-corrected chi connectivity index (χ2v) is 16.0. The number of ether oxygens (including phenoxy) is 3. The van der Waals surface area contributed by atoms with E-state index in [1.807, 2.05) is 19.0 Å². The van der Waals surface area contributed by atoms with Crippen molar-refractivity contribution in [3.8, 4) is 11.4 Å². The Morgan fingerprint density at radius 2 is 1.92 bits per heavy atom. The molecule has 3 atom stereocenters. The molecule has 0 saturated carbocycles. The molecule has 0 unspecified atom stereocenters. The van der Waals surface area contributed by atoms with E-state index in [4.69, 9.17) is 24.7 Å². The minimum absolute atomic E-state index is 0.0355. The molecule has 2 aliphatic heterocycles. The molecule has 2 amide bonds. The average Bonchev–Trinajstić information content (AvgIpc) is 3.61. The van der Waals surface area contributed by atoms with Crippen molar-refractivity contribution < 1.29 is 38.1 Å². The second kappa shape index (κ2) is 17.5. The van der Waals surface area contributed by atoms with Crippen molar-refractivity contribution in [3.05, 3.63) is 120 Å². The third-order valence-corrected chi connectivity index (χ3v) is 11.9. The van der Waals surface area contributed by atoms with Gasteiger partial charge in [0.1, 0.15) is 49.5 Å². The van der Waals surface area contributed by atoms with Crippen molar-refractivity contribution in [1.82, 2.24) is 24.7 Å². The number of aryl methyl sites for hydroxylation is 1. The zero-order chi connectivity index (χ0) is 43.7. The molecule has 2 aromatic heterocycles. The average molecular weight is 837 g/mol. The van der Waals surface area contributed by atoms with Crippen LogP contribution in [0.5, 0.6) is 0 Å². The van der Waals surface area contributed by atoms with Crippen LogP contribution in [0.4, 0.5) is 9.18 Å². The standard InChI is InChI=1S/C44H49FN8O8/c1-7-44(58)26(4)60-21-31-32(44)17-36-41-30(19-53(36)42(31)56)40-34(13-12-29-24(2)33(45)18-35(48-41)39(29)40)47-38(55)22-59-23-52(15-14-51(5)6)43(57)61-20-28-10-8-27(9-11-28)16-37(54)25(3)49-50-46/h8-11,17-18,25,34,58H,4,7,12-16,19-23H2,1-3,5-6H3,(H,47,55)/t25-,34-,44+/m0/s1. The maximum absolute atomic E-state index is 15.4. The van der Waals surface area contributed by atoms with Gasteiger partial charge in [0.25, 0.3) is 5.56 Å². The minimum Gasteiger partial charge on any atom is -0.490 e. The first-order valence-electron chi connectivity index (χ1n) is 20.2. The van der Waals surface area contributed by atoms with Gasteiger partial charge in [0.2, 0.25) is 5.91 Å². The predicted molar refractivity (Wildman–Crippen MR) is 223 cm³/mol. The Bertz CT molecular complexity index is 2550. The number of carbonyl (C=O) groups is 3. The van der Waals surface area contributed by atoms with E-state index in [0.717, 1.165) is 27.6 Å². The molecule has 4 heterocycles. The van der Waals surface area contributed by atoms with Crippen LogP contribution in [-0.2, 0) is 62.0 Å². The lowest BCUT2D eigenvalue weighted by atomic mass is 9.81. The van der Waals surface area contributed by atoms with Crippen molar-refractivity contribution in [2.75, 3.05) is 40.5 Å². The summed E-state index contributed by atoms with van der Waals surface area (Å²) in [5, 5.41) is 18.9. The smallest absolute Gasteiger partial charge is 0.411 e. The molecule has 61 heavy (non-hydrogen) atoms. The lowest BCUT2D eigenvalue weighted by Gasteiger charge is -2.35. The van der Waals surface area contributed by atoms with Gasteiger partial charge in [-0.2, -0.15) is 0 Å². The minimum atomic E-state index is -1.58. The highest BCUT2D eigenvalue weighted by Crippen LogP contribution is 2.46. The quantitative estimate of drug-likeness (QED) is 0.0579. The van der Waals surface area contributed by atoms with Crippen LogP contribution in [0.2, 0.25) is 0 Å². The highest BCUT2D eigenvalue weighted by atomic mass is 19.1. The number of ketones is 1. The number of likely N-dealkylation sites (N-methyl/N-ethyl adjacent to an activating group) is 1. The van der Waals surface area contributed by atoms with Crippen LogP contribution < -0.4 is 10.9 Å². The lowest BCUT2D eigenvalue weighted by Crippen LogP contribution is -2.40. The number of carbonyl (C=O) groups excluding carboxylic acids is 3. The summed E-state index contributed by atoms with van der Waals surface area (Å²) >= 11 is 0. The van der Waals surface area contributed by atoms with Gasteiger partial charge in [0.15, 0.2) is 0 Å². The van der Waals surface area contributed by atoms with Crippen molar-refractivity contribution in [1.29, 1.82) is 0 Å². The summed E-state index contributed by atoms with van der Waals surface area (Å²) in [5.74, 6) is -0.894. The molecule has 2 aromatic carbocycles. The molecule has 0 radical (unpaired) electrons. The summed E-state index contributed by atoms with van der Waals surface area (Å²) in [4.78, 5) is 64.1. The number of pyridine rings is 2. The third-order valence-electron chi connectivity index (χ3n) is 11.9. The summed E-state index contributed by atoms with van der Waals surface area (Å²) < 4.78 is 34.0. The van der Waals surface area contributed by atoms with Gasteiger partial charge in [-0.15, -0.1) is 0 Å². The van der Waals surface area contributed by atoms with Crippen LogP contribution in [0.15, 0.2) is 58.6 Å². The number of fused-ring (bicyclic) bond motifs is 5. The van der Waals surface area contributed by atoms with Crippen molar-refractivity contribution in [3.63, 3.8) is 0 Å². The van der Waals surface area contributed by atoms with Gasteiger partial charge < -0.3 is 34.1 Å². The SMILES string of the molecule is C=C1OCc2c(cc3n(c2=O)Cc2c-3nc3cc(F)c(C)c4c3c2[C@@H](NC(=O)COCN(CCN(C)C)C(=O)OCc2ccc(CC(=O)[C@H](C)N=[N+]=[N-])cc2)CC4)[C@@]1(O)CC. The van der Waals surface area contributed by atoms with E-state index in [1.165, 1.54) is 17.9 Å². The van der Waals surface area contributed by atoms with Crippen LogP contribution in [0.25, 0.3) is 32.7 Å². The van der Waals surface area contributed by atoms with E-state index in [-0.39, 0.29) is 69.6 Å². The number of azide groups is 1. The molecule has 0 fully saturated rings. The molecule has 3 aliphatic rings. The first-order valence-corrected chi connectivity index (χ1v) is 20.2. The van der Waals surface area contributed by atoms with Gasteiger partial charge in [0, 0.05) is 47.0 Å². The number of amides is 2. The number of hydrogen-bond donors (Lipinski definition) is 2. The first-order chi connectivity index (χ1) is 29.1. The van der Waals surface area contributed by atoms with E-state index in [9.17, 15) is 24.3 Å². The molecule has 16 nitrogen and oxygen atoms in total. The van der Waals surface area contributed by atoms with Crippen molar-refractivity contribution in [2.24, 2.45) is 5.11 Å². The Morgan fingerprint density at radius 3 is 2.62 bits per heavy atom.